The molecule has 70 valence electrons. The zero-order valence-corrected chi connectivity index (χ0v) is 7.96. The van der Waals surface area contributed by atoms with Crippen LogP contribution in [0.5, 0.6) is 0 Å². The lowest BCUT2D eigenvalue weighted by Crippen LogP contribution is -2.27. The van der Waals surface area contributed by atoms with Crippen molar-refractivity contribution in [1.82, 2.24) is 0 Å². The molecule has 0 aromatic heterocycles. The molecule has 1 fully saturated rings. The minimum atomic E-state index is 0.391. The minimum absolute atomic E-state index is 0.391. The normalized spacial score (nSPS) is 33.5. The van der Waals surface area contributed by atoms with E-state index >= 15 is 0 Å². The Labute approximate surface area is 79.5 Å². The fraction of sp³-hybridized carbons (Fsp3) is 0.583. The summed E-state index contributed by atoms with van der Waals surface area (Å²) in [5.41, 5.74) is 1.11. The van der Waals surface area contributed by atoms with E-state index in [4.69, 9.17) is 0 Å². The summed E-state index contributed by atoms with van der Waals surface area (Å²) in [6, 6.07) is 0. The van der Waals surface area contributed by atoms with Gasteiger partial charge in [-0.2, -0.15) is 0 Å². The van der Waals surface area contributed by atoms with Crippen LogP contribution in [0.1, 0.15) is 32.1 Å². The number of hydrogen-bond donors (Lipinski definition) is 0. The van der Waals surface area contributed by atoms with E-state index in [0.29, 0.717) is 17.6 Å². The number of ketones is 1. The van der Waals surface area contributed by atoms with E-state index in [2.05, 4.69) is 12.7 Å². The lowest BCUT2D eigenvalue weighted by molar-refractivity contribution is -0.117. The molecule has 0 spiro atoms. The molecule has 2 rings (SSSR count). The predicted octanol–water partition coefficient (Wildman–Crippen LogP) is 2.88. The second-order valence-electron chi connectivity index (χ2n) is 4.06. The highest BCUT2D eigenvalue weighted by atomic mass is 16.1. The van der Waals surface area contributed by atoms with Gasteiger partial charge in [-0.05, 0) is 43.1 Å². The van der Waals surface area contributed by atoms with Gasteiger partial charge in [-0.25, -0.2) is 0 Å². The Morgan fingerprint density at radius 2 is 2.31 bits per heavy atom. The Morgan fingerprint density at radius 1 is 1.46 bits per heavy atom. The van der Waals surface area contributed by atoms with Gasteiger partial charge < -0.3 is 0 Å². The van der Waals surface area contributed by atoms with Crippen LogP contribution in [0, 0.1) is 11.8 Å². The van der Waals surface area contributed by atoms with Crippen LogP contribution < -0.4 is 0 Å². The first-order chi connectivity index (χ1) is 6.33. The van der Waals surface area contributed by atoms with E-state index in [-0.39, 0.29) is 0 Å². The molecule has 2 aliphatic rings. The third-order valence-corrected chi connectivity index (χ3v) is 3.32. The second-order valence-corrected chi connectivity index (χ2v) is 4.06. The van der Waals surface area contributed by atoms with Crippen LogP contribution in [0.15, 0.2) is 24.3 Å². The molecule has 1 saturated carbocycles. The third-order valence-electron chi connectivity index (χ3n) is 3.32. The number of carbonyl (C=O) groups is 1. The smallest absolute Gasteiger partial charge is 0.158 e. The van der Waals surface area contributed by atoms with Crippen molar-refractivity contribution in [3.63, 3.8) is 0 Å². The van der Waals surface area contributed by atoms with Crippen LogP contribution in [0.25, 0.3) is 0 Å². The lowest BCUT2D eigenvalue weighted by atomic mass is 9.71. The van der Waals surface area contributed by atoms with E-state index in [0.717, 1.165) is 24.8 Å². The van der Waals surface area contributed by atoms with Gasteiger partial charge in [-0.3, -0.25) is 4.79 Å². The van der Waals surface area contributed by atoms with Crippen LogP contribution in [0.3, 0.4) is 0 Å². The van der Waals surface area contributed by atoms with E-state index in [1.165, 1.54) is 12.8 Å². The molecule has 0 unspecified atom stereocenters. The SMILES string of the molecule is C=C[C@H]1CCC=C2C(=O)CCC[C@@H]21. The highest BCUT2D eigenvalue weighted by Gasteiger charge is 2.32. The molecule has 2 atom stereocenters. The number of allylic oxidation sites excluding steroid dienone is 3. The van der Waals surface area contributed by atoms with Crippen molar-refractivity contribution >= 4 is 5.78 Å². The third kappa shape index (κ3) is 1.48. The summed E-state index contributed by atoms with van der Waals surface area (Å²) >= 11 is 0. The number of fused-ring (bicyclic) bond motifs is 1. The fourth-order valence-corrected chi connectivity index (χ4v) is 2.61. The van der Waals surface area contributed by atoms with Gasteiger partial charge in [-0.1, -0.05) is 12.2 Å². The summed E-state index contributed by atoms with van der Waals surface area (Å²) in [7, 11) is 0. The number of rotatable bonds is 1. The molecule has 0 amide bonds. The summed E-state index contributed by atoms with van der Waals surface area (Å²) in [6.07, 6.45) is 9.48. The first-order valence-electron chi connectivity index (χ1n) is 5.18. The van der Waals surface area contributed by atoms with Crippen molar-refractivity contribution < 1.29 is 4.79 Å². The van der Waals surface area contributed by atoms with Crippen molar-refractivity contribution in [3.05, 3.63) is 24.3 Å². The van der Waals surface area contributed by atoms with Gasteiger partial charge >= 0.3 is 0 Å². The van der Waals surface area contributed by atoms with Crippen molar-refractivity contribution in [1.29, 1.82) is 0 Å². The molecule has 0 aromatic carbocycles. The maximum Gasteiger partial charge on any atom is 0.158 e. The molecular formula is C12H16O. The molecular weight excluding hydrogens is 160 g/mol. The Bertz CT molecular complexity index is 262. The monoisotopic (exact) mass is 176 g/mol. The molecule has 0 heterocycles. The van der Waals surface area contributed by atoms with Gasteiger partial charge in [0, 0.05) is 6.42 Å². The first kappa shape index (κ1) is 8.74. The van der Waals surface area contributed by atoms with Crippen LogP contribution >= 0.6 is 0 Å². The highest BCUT2D eigenvalue weighted by Crippen LogP contribution is 2.38. The van der Waals surface area contributed by atoms with Gasteiger partial charge in [0.15, 0.2) is 5.78 Å². The van der Waals surface area contributed by atoms with Crippen molar-refractivity contribution in [2.24, 2.45) is 11.8 Å². The van der Waals surface area contributed by atoms with Crippen molar-refractivity contribution in [3.8, 4) is 0 Å². The summed E-state index contributed by atoms with van der Waals surface area (Å²) in [5, 5.41) is 0. The fourth-order valence-electron chi connectivity index (χ4n) is 2.61. The molecule has 1 nitrogen and oxygen atoms in total. The molecule has 0 saturated heterocycles. The van der Waals surface area contributed by atoms with Gasteiger partial charge in [0.25, 0.3) is 0 Å². The molecule has 0 N–H and O–H groups in total. The van der Waals surface area contributed by atoms with Crippen LogP contribution in [-0.4, -0.2) is 5.78 Å². The van der Waals surface area contributed by atoms with Gasteiger partial charge in [-0.15, -0.1) is 6.58 Å². The summed E-state index contributed by atoms with van der Waals surface area (Å²) < 4.78 is 0. The summed E-state index contributed by atoms with van der Waals surface area (Å²) in [5.74, 6) is 1.46. The van der Waals surface area contributed by atoms with Gasteiger partial charge in [0.05, 0.1) is 0 Å². The summed E-state index contributed by atoms with van der Waals surface area (Å²) in [6.45, 7) is 3.86. The largest absolute Gasteiger partial charge is 0.295 e. The van der Waals surface area contributed by atoms with Crippen LogP contribution in [0.2, 0.25) is 0 Å². The van der Waals surface area contributed by atoms with E-state index < -0.39 is 0 Å². The predicted molar refractivity (Wildman–Crippen MR) is 53.4 cm³/mol. The van der Waals surface area contributed by atoms with Crippen molar-refractivity contribution in [2.45, 2.75) is 32.1 Å². The average Bonchev–Trinajstić information content (AvgIpc) is 2.18. The maximum absolute atomic E-state index is 11.6. The molecule has 0 aliphatic heterocycles. The molecule has 13 heavy (non-hydrogen) atoms. The van der Waals surface area contributed by atoms with Crippen LogP contribution in [-0.2, 0) is 4.79 Å². The van der Waals surface area contributed by atoms with E-state index in [9.17, 15) is 4.79 Å². The topological polar surface area (TPSA) is 17.1 Å². The molecule has 1 heteroatoms. The van der Waals surface area contributed by atoms with Gasteiger partial charge in [0.2, 0.25) is 0 Å². The second kappa shape index (κ2) is 3.49. The standard InChI is InChI=1S/C12H16O/c1-2-9-5-3-7-11-10(9)6-4-8-12(11)13/h2,7,9-10H,1,3-6,8H2/t9-,10+/m0/s1. The molecule has 0 bridgehead atoms. The zero-order chi connectivity index (χ0) is 9.26. The Hall–Kier alpha value is -0.850. The molecule has 2 aliphatic carbocycles. The highest BCUT2D eigenvalue weighted by molar-refractivity contribution is 5.96. The maximum atomic E-state index is 11.6. The first-order valence-corrected chi connectivity index (χ1v) is 5.18. The van der Waals surface area contributed by atoms with Gasteiger partial charge in [0.1, 0.15) is 0 Å². The van der Waals surface area contributed by atoms with E-state index in [1.54, 1.807) is 0 Å². The number of hydrogen-bond acceptors (Lipinski definition) is 1. The van der Waals surface area contributed by atoms with Crippen molar-refractivity contribution in [2.75, 3.05) is 0 Å². The lowest BCUT2D eigenvalue weighted by Gasteiger charge is -2.33. The van der Waals surface area contributed by atoms with Crippen LogP contribution in [0.4, 0.5) is 0 Å². The van der Waals surface area contributed by atoms with E-state index in [1.807, 2.05) is 6.08 Å². The minimum Gasteiger partial charge on any atom is -0.295 e. The molecule has 0 radical (unpaired) electrons. The Morgan fingerprint density at radius 3 is 3.08 bits per heavy atom. The molecule has 0 aromatic rings. The average molecular weight is 176 g/mol. The number of Topliss-reactive ketones (excluding diaryl/α,β-unsaturated/α-hetero) is 1. The zero-order valence-electron chi connectivity index (χ0n) is 7.96. The quantitative estimate of drug-likeness (QED) is 0.561. The Kier molecular flexibility index (Phi) is 2.34. The number of carbonyl (C=O) groups excluding carboxylic acids is 1. The summed E-state index contributed by atoms with van der Waals surface area (Å²) in [4.78, 5) is 11.6. The Balaban J connectivity index is 2.25.